The first kappa shape index (κ1) is 20.8. The number of esters is 1. The highest BCUT2D eigenvalue weighted by atomic mass is 32.1. The average molecular weight is 443 g/mol. The quantitative estimate of drug-likeness (QED) is 0.377. The molecule has 0 aliphatic carbocycles. The Bertz CT molecular complexity index is 1240. The van der Waals surface area contributed by atoms with Crippen LogP contribution in [0.15, 0.2) is 60.9 Å². The van der Waals surface area contributed by atoms with Crippen LogP contribution in [0.4, 0.5) is 24.7 Å². The lowest BCUT2D eigenvalue weighted by molar-refractivity contribution is -0.136. The van der Waals surface area contributed by atoms with Gasteiger partial charge in [-0.3, -0.25) is 0 Å². The summed E-state index contributed by atoms with van der Waals surface area (Å²) < 4.78 is 45.4. The molecule has 2 aromatic carbocycles. The van der Waals surface area contributed by atoms with E-state index in [-0.39, 0.29) is 18.1 Å². The third-order valence-corrected chi connectivity index (χ3v) is 5.79. The van der Waals surface area contributed by atoms with Gasteiger partial charge >= 0.3 is 12.1 Å². The van der Waals surface area contributed by atoms with Crippen molar-refractivity contribution in [3.05, 3.63) is 82.5 Å². The predicted octanol–water partition coefficient (Wildman–Crippen LogP) is 6.12. The van der Waals surface area contributed by atoms with Crippen molar-refractivity contribution in [2.45, 2.75) is 19.7 Å². The molecule has 0 radical (unpaired) electrons. The molecule has 0 unspecified atom stereocenters. The van der Waals surface area contributed by atoms with Crippen molar-refractivity contribution >= 4 is 39.0 Å². The number of fused-ring (bicyclic) bond motifs is 1. The molecule has 0 saturated carbocycles. The van der Waals surface area contributed by atoms with Crippen LogP contribution < -0.4 is 5.32 Å². The van der Waals surface area contributed by atoms with Gasteiger partial charge in [0.2, 0.25) is 0 Å². The second-order valence-corrected chi connectivity index (χ2v) is 7.69. The fourth-order valence-corrected chi connectivity index (χ4v) is 4.16. The smallest absolute Gasteiger partial charge is 0.418 e. The van der Waals surface area contributed by atoms with E-state index in [1.54, 1.807) is 6.92 Å². The predicted molar refractivity (Wildman–Crippen MR) is 112 cm³/mol. The Hall–Kier alpha value is -3.46. The van der Waals surface area contributed by atoms with Gasteiger partial charge < -0.3 is 10.1 Å². The first-order valence-corrected chi connectivity index (χ1v) is 10.0. The number of carbonyl (C=O) groups is 1. The van der Waals surface area contributed by atoms with Crippen molar-refractivity contribution in [2.75, 3.05) is 5.32 Å². The molecule has 4 rings (SSSR count). The molecule has 0 atom stereocenters. The summed E-state index contributed by atoms with van der Waals surface area (Å²) in [5.41, 5.74) is 0.456. The zero-order valence-electron chi connectivity index (χ0n) is 16.2. The molecular weight excluding hydrogens is 427 g/mol. The molecule has 0 aliphatic rings. The molecule has 0 amide bonds. The van der Waals surface area contributed by atoms with Gasteiger partial charge in [0.1, 0.15) is 28.5 Å². The molecule has 0 bridgehead atoms. The molecule has 9 heteroatoms. The molecule has 0 aliphatic heterocycles. The fourth-order valence-electron chi connectivity index (χ4n) is 3.12. The molecule has 158 valence electrons. The van der Waals surface area contributed by atoms with Crippen LogP contribution in [0.25, 0.3) is 10.2 Å². The van der Waals surface area contributed by atoms with Crippen molar-refractivity contribution in [1.29, 1.82) is 0 Å². The minimum Gasteiger partial charge on any atom is -0.457 e. The number of benzene rings is 2. The molecule has 31 heavy (non-hydrogen) atoms. The van der Waals surface area contributed by atoms with E-state index in [2.05, 4.69) is 15.3 Å². The van der Waals surface area contributed by atoms with Crippen LogP contribution in [0.1, 0.15) is 26.4 Å². The van der Waals surface area contributed by atoms with Gasteiger partial charge in [-0.15, -0.1) is 11.3 Å². The molecule has 0 spiro atoms. The Kier molecular flexibility index (Phi) is 5.60. The zero-order valence-corrected chi connectivity index (χ0v) is 17.1. The normalized spacial score (nSPS) is 11.5. The lowest BCUT2D eigenvalue weighted by Crippen LogP contribution is -2.09. The lowest BCUT2D eigenvalue weighted by Gasteiger charge is -2.14. The number of carbonyl (C=O) groups excluding carboxylic acids is 1. The number of rotatable bonds is 5. The maximum Gasteiger partial charge on any atom is 0.418 e. The molecule has 0 saturated heterocycles. The van der Waals surface area contributed by atoms with Crippen LogP contribution in [0, 0.1) is 6.92 Å². The topological polar surface area (TPSA) is 64.1 Å². The van der Waals surface area contributed by atoms with Crippen LogP contribution in [0.5, 0.6) is 0 Å². The number of nitrogens with zero attached hydrogens (tertiary/aromatic N) is 2. The Labute approximate surface area is 179 Å². The van der Waals surface area contributed by atoms with E-state index < -0.39 is 17.7 Å². The minimum absolute atomic E-state index is 0.114. The van der Waals surface area contributed by atoms with Gasteiger partial charge in [-0.2, -0.15) is 13.2 Å². The third kappa shape index (κ3) is 4.36. The molecule has 0 fully saturated rings. The van der Waals surface area contributed by atoms with Crippen LogP contribution in [0.2, 0.25) is 0 Å². The van der Waals surface area contributed by atoms with Crippen molar-refractivity contribution in [2.24, 2.45) is 0 Å². The van der Waals surface area contributed by atoms with Gasteiger partial charge in [0.15, 0.2) is 0 Å². The molecule has 1 N–H and O–H groups in total. The number of aromatic nitrogens is 2. The number of aryl methyl sites for hydroxylation is 1. The van der Waals surface area contributed by atoms with Gasteiger partial charge in [-0.1, -0.05) is 42.5 Å². The van der Waals surface area contributed by atoms with Crippen LogP contribution in [-0.2, 0) is 17.5 Å². The maximum atomic E-state index is 13.3. The van der Waals surface area contributed by atoms with Crippen molar-refractivity contribution in [3.63, 3.8) is 0 Å². The highest BCUT2D eigenvalue weighted by Crippen LogP contribution is 2.38. The second kappa shape index (κ2) is 8.35. The molecular formula is C22H16F3N3O2S. The van der Waals surface area contributed by atoms with Crippen molar-refractivity contribution in [1.82, 2.24) is 9.97 Å². The van der Waals surface area contributed by atoms with E-state index in [0.29, 0.717) is 20.7 Å². The van der Waals surface area contributed by atoms with E-state index in [9.17, 15) is 18.0 Å². The van der Waals surface area contributed by atoms with Gasteiger partial charge in [-0.05, 0) is 30.2 Å². The Morgan fingerprint density at radius 1 is 1.06 bits per heavy atom. The zero-order chi connectivity index (χ0) is 22.0. The molecule has 5 nitrogen and oxygen atoms in total. The Balaban J connectivity index is 1.65. The maximum absolute atomic E-state index is 13.3. The second-order valence-electron chi connectivity index (χ2n) is 6.69. The Morgan fingerprint density at radius 3 is 2.52 bits per heavy atom. The summed E-state index contributed by atoms with van der Waals surface area (Å²) in [5.74, 6) is -0.330. The van der Waals surface area contributed by atoms with Crippen LogP contribution >= 0.6 is 11.3 Å². The highest BCUT2D eigenvalue weighted by Gasteiger charge is 2.33. The summed E-state index contributed by atoms with van der Waals surface area (Å²) in [6.07, 6.45) is -3.28. The third-order valence-electron chi connectivity index (χ3n) is 4.61. The summed E-state index contributed by atoms with van der Waals surface area (Å²) in [5, 5.41) is 3.24. The largest absolute Gasteiger partial charge is 0.457 e. The highest BCUT2D eigenvalue weighted by molar-refractivity contribution is 7.20. The summed E-state index contributed by atoms with van der Waals surface area (Å²) >= 11 is 1.11. The SMILES string of the molecule is Cc1c(C(=O)OCc2ccccc2)sc2ncnc(Nc3ccccc3C(F)(F)F)c12. The number of anilines is 2. The number of para-hydroxylation sites is 1. The van der Waals surface area contributed by atoms with E-state index in [4.69, 9.17) is 4.74 Å². The number of halogens is 3. The van der Waals surface area contributed by atoms with Gasteiger partial charge in [-0.25, -0.2) is 14.8 Å². The van der Waals surface area contributed by atoms with E-state index in [0.717, 1.165) is 23.0 Å². The number of hydrogen-bond acceptors (Lipinski definition) is 6. The Morgan fingerprint density at radius 2 is 1.77 bits per heavy atom. The fraction of sp³-hybridized carbons (Fsp3) is 0.136. The number of thiophene rings is 1. The van der Waals surface area contributed by atoms with Gasteiger partial charge in [0.25, 0.3) is 0 Å². The van der Waals surface area contributed by atoms with E-state index >= 15 is 0 Å². The van der Waals surface area contributed by atoms with Crippen LogP contribution in [0.3, 0.4) is 0 Å². The summed E-state index contributed by atoms with van der Waals surface area (Å²) in [6, 6.07) is 14.4. The first-order chi connectivity index (χ1) is 14.8. The van der Waals surface area contributed by atoms with E-state index in [1.165, 1.54) is 24.5 Å². The summed E-state index contributed by atoms with van der Waals surface area (Å²) in [6.45, 7) is 1.81. The van der Waals surface area contributed by atoms with Crippen molar-refractivity contribution < 1.29 is 22.7 Å². The van der Waals surface area contributed by atoms with Crippen molar-refractivity contribution in [3.8, 4) is 0 Å². The van der Waals surface area contributed by atoms with Crippen LogP contribution in [-0.4, -0.2) is 15.9 Å². The van der Waals surface area contributed by atoms with Gasteiger partial charge in [0, 0.05) is 0 Å². The summed E-state index contributed by atoms with van der Waals surface area (Å²) in [7, 11) is 0. The number of ether oxygens (including phenoxy) is 1. The summed E-state index contributed by atoms with van der Waals surface area (Å²) in [4.78, 5) is 21.7. The standard InChI is InChI=1S/C22H16F3N3O2S/c1-13-17-19(28-16-10-6-5-9-15(16)22(23,24)25)26-12-27-20(17)31-18(13)21(29)30-11-14-7-3-2-4-8-14/h2-10,12H,11H2,1H3,(H,26,27,28). The average Bonchev–Trinajstić information content (AvgIpc) is 3.10. The monoisotopic (exact) mass is 443 g/mol. The molecule has 2 aromatic heterocycles. The molecule has 2 heterocycles. The van der Waals surface area contributed by atoms with E-state index in [1.807, 2.05) is 30.3 Å². The first-order valence-electron chi connectivity index (χ1n) is 9.23. The number of hydrogen-bond donors (Lipinski definition) is 1. The molecule has 4 aromatic rings. The number of nitrogens with one attached hydrogen (secondary N) is 1. The minimum atomic E-state index is -4.52. The lowest BCUT2D eigenvalue weighted by atomic mass is 10.1. The number of alkyl halides is 3. The van der Waals surface area contributed by atoms with Gasteiger partial charge in [0.05, 0.1) is 16.6 Å².